The molecule has 0 saturated carbocycles. The van der Waals surface area contributed by atoms with Crippen LogP contribution in [0.15, 0.2) is 71.0 Å². The summed E-state index contributed by atoms with van der Waals surface area (Å²) in [6.07, 6.45) is 1.37. The van der Waals surface area contributed by atoms with Gasteiger partial charge in [0.1, 0.15) is 0 Å². The number of carbonyl (C=O) groups is 1. The van der Waals surface area contributed by atoms with E-state index < -0.39 is 32.5 Å². The molecule has 0 aliphatic heterocycles. The van der Waals surface area contributed by atoms with Crippen LogP contribution < -0.4 is 5.32 Å². The van der Waals surface area contributed by atoms with Crippen molar-refractivity contribution in [3.05, 3.63) is 66.2 Å². The van der Waals surface area contributed by atoms with Gasteiger partial charge in [-0.3, -0.25) is 4.79 Å². The van der Waals surface area contributed by atoms with E-state index in [4.69, 9.17) is 11.6 Å². The summed E-state index contributed by atoms with van der Waals surface area (Å²) in [5, 5.41) is 2.92. The number of anilines is 1. The highest BCUT2D eigenvalue weighted by atomic mass is 35.5. The van der Waals surface area contributed by atoms with Crippen LogP contribution in [0.25, 0.3) is 0 Å². The molecule has 11 heteroatoms. The molecule has 8 nitrogen and oxygen atoms in total. The van der Waals surface area contributed by atoms with Crippen LogP contribution in [0.2, 0.25) is 5.02 Å². The van der Waals surface area contributed by atoms with Gasteiger partial charge in [0.05, 0.1) is 16.3 Å². The summed E-state index contributed by atoms with van der Waals surface area (Å²) in [6, 6.07) is 11.3. The van der Waals surface area contributed by atoms with Crippen LogP contribution in [-0.4, -0.2) is 58.5 Å². The van der Waals surface area contributed by atoms with Crippen LogP contribution >= 0.6 is 11.6 Å². The van der Waals surface area contributed by atoms with Crippen molar-refractivity contribution in [2.24, 2.45) is 0 Å². The molecule has 0 aliphatic rings. The van der Waals surface area contributed by atoms with Crippen molar-refractivity contribution < 1.29 is 21.6 Å². The van der Waals surface area contributed by atoms with E-state index in [0.29, 0.717) is 5.02 Å². The molecular weight excluding hydrogens is 450 g/mol. The standard InChI is InChI=1S/C19H22ClN3O5S2/c1-4-12-23(30(27,28)17-10-8-15(20)9-11-17)14-19(24)21-16-6-5-7-18(13-16)29(25,26)22(2)3/h4-11,13H,1,12,14H2,2-3H3,(H,21,24). The fraction of sp³-hybridized carbons (Fsp3) is 0.211. The van der Waals surface area contributed by atoms with Crippen LogP contribution in [0.4, 0.5) is 5.69 Å². The Morgan fingerprint density at radius 3 is 2.23 bits per heavy atom. The second-order valence-electron chi connectivity index (χ2n) is 6.40. The smallest absolute Gasteiger partial charge is 0.243 e. The molecule has 162 valence electrons. The quantitative estimate of drug-likeness (QED) is 0.565. The minimum absolute atomic E-state index is 0.00188. The van der Waals surface area contributed by atoms with Gasteiger partial charge in [0.2, 0.25) is 26.0 Å². The maximum Gasteiger partial charge on any atom is 0.243 e. The summed E-state index contributed by atoms with van der Waals surface area (Å²) in [5.41, 5.74) is 0.227. The van der Waals surface area contributed by atoms with Gasteiger partial charge in [-0.05, 0) is 42.5 Å². The zero-order chi connectivity index (χ0) is 22.5. The number of sulfonamides is 2. The molecule has 0 heterocycles. The van der Waals surface area contributed by atoms with Crippen LogP contribution in [-0.2, 0) is 24.8 Å². The molecule has 0 atom stereocenters. The molecule has 0 saturated heterocycles. The number of nitrogens with one attached hydrogen (secondary N) is 1. The topological polar surface area (TPSA) is 104 Å². The summed E-state index contributed by atoms with van der Waals surface area (Å²) >= 11 is 5.81. The fourth-order valence-electron chi connectivity index (χ4n) is 2.45. The second-order valence-corrected chi connectivity index (χ2v) is 10.9. The zero-order valence-corrected chi connectivity index (χ0v) is 18.8. The molecule has 2 aromatic carbocycles. The predicted molar refractivity (Wildman–Crippen MR) is 116 cm³/mol. The normalized spacial score (nSPS) is 12.2. The third-order valence-electron chi connectivity index (χ3n) is 4.00. The Bertz CT molecular complexity index is 1130. The molecular formula is C19H22ClN3O5S2. The highest BCUT2D eigenvalue weighted by molar-refractivity contribution is 7.89. The van der Waals surface area contributed by atoms with Crippen molar-refractivity contribution in [1.29, 1.82) is 0 Å². The van der Waals surface area contributed by atoms with Gasteiger partial charge < -0.3 is 5.32 Å². The van der Waals surface area contributed by atoms with Crippen LogP contribution in [0.3, 0.4) is 0 Å². The Morgan fingerprint density at radius 2 is 1.67 bits per heavy atom. The monoisotopic (exact) mass is 471 g/mol. The summed E-state index contributed by atoms with van der Waals surface area (Å²) in [6.45, 7) is 2.96. The third kappa shape index (κ3) is 5.67. The van der Waals surface area contributed by atoms with E-state index in [9.17, 15) is 21.6 Å². The van der Waals surface area contributed by atoms with E-state index in [-0.39, 0.29) is 22.0 Å². The van der Waals surface area contributed by atoms with Crippen molar-refractivity contribution in [2.75, 3.05) is 32.5 Å². The van der Waals surface area contributed by atoms with Gasteiger partial charge in [0.25, 0.3) is 0 Å². The summed E-state index contributed by atoms with van der Waals surface area (Å²) < 4.78 is 52.2. The number of amides is 1. The number of rotatable bonds is 9. The molecule has 0 aliphatic carbocycles. The molecule has 1 amide bonds. The first-order chi connectivity index (χ1) is 14.0. The van der Waals surface area contributed by atoms with E-state index in [0.717, 1.165) is 8.61 Å². The maximum absolute atomic E-state index is 12.9. The van der Waals surface area contributed by atoms with Gasteiger partial charge >= 0.3 is 0 Å². The number of hydrogen-bond donors (Lipinski definition) is 1. The van der Waals surface area contributed by atoms with Gasteiger partial charge in [-0.25, -0.2) is 21.1 Å². The van der Waals surface area contributed by atoms with Crippen LogP contribution in [0.1, 0.15) is 0 Å². The van der Waals surface area contributed by atoms with Gasteiger partial charge in [-0.15, -0.1) is 6.58 Å². The maximum atomic E-state index is 12.9. The average molecular weight is 472 g/mol. The Hall–Kier alpha value is -2.24. The Morgan fingerprint density at radius 1 is 1.03 bits per heavy atom. The largest absolute Gasteiger partial charge is 0.325 e. The molecule has 0 fully saturated rings. The van der Waals surface area contributed by atoms with Crippen molar-refractivity contribution in [3.63, 3.8) is 0 Å². The van der Waals surface area contributed by atoms with Crippen molar-refractivity contribution in [1.82, 2.24) is 8.61 Å². The minimum Gasteiger partial charge on any atom is -0.325 e. The first-order valence-corrected chi connectivity index (χ1v) is 11.9. The van der Waals surface area contributed by atoms with E-state index >= 15 is 0 Å². The molecule has 2 rings (SSSR count). The molecule has 0 unspecified atom stereocenters. The SMILES string of the molecule is C=CCN(CC(=O)Nc1cccc(S(=O)(=O)N(C)C)c1)S(=O)(=O)c1ccc(Cl)cc1. The Labute approximate surface area is 181 Å². The van der Waals surface area contributed by atoms with Crippen molar-refractivity contribution in [2.45, 2.75) is 9.79 Å². The lowest BCUT2D eigenvalue weighted by atomic mass is 10.3. The minimum atomic E-state index is -3.97. The highest BCUT2D eigenvalue weighted by Crippen LogP contribution is 2.20. The summed E-state index contributed by atoms with van der Waals surface area (Å²) in [5.74, 6) is -0.631. The van der Waals surface area contributed by atoms with Gasteiger partial charge in [0.15, 0.2) is 0 Å². The number of carbonyl (C=O) groups excluding carboxylic acids is 1. The number of nitrogens with zero attached hydrogens (tertiary/aromatic N) is 2. The second kappa shape index (κ2) is 9.71. The number of hydrogen-bond acceptors (Lipinski definition) is 5. The van der Waals surface area contributed by atoms with Crippen molar-refractivity contribution in [3.8, 4) is 0 Å². The Balaban J connectivity index is 2.22. The van der Waals surface area contributed by atoms with E-state index in [1.807, 2.05) is 0 Å². The van der Waals surface area contributed by atoms with Gasteiger partial charge in [-0.2, -0.15) is 4.31 Å². The lowest BCUT2D eigenvalue weighted by molar-refractivity contribution is -0.116. The van der Waals surface area contributed by atoms with Gasteiger partial charge in [-0.1, -0.05) is 23.7 Å². The van der Waals surface area contributed by atoms with Crippen molar-refractivity contribution >= 4 is 43.2 Å². The molecule has 0 aromatic heterocycles. The van der Waals surface area contributed by atoms with Crippen LogP contribution in [0.5, 0.6) is 0 Å². The van der Waals surface area contributed by atoms with E-state index in [1.165, 1.54) is 68.7 Å². The Kier molecular flexibility index (Phi) is 7.78. The van der Waals surface area contributed by atoms with Crippen LogP contribution in [0, 0.1) is 0 Å². The fourth-order valence-corrected chi connectivity index (χ4v) is 4.89. The summed E-state index contributed by atoms with van der Waals surface area (Å²) in [4.78, 5) is 12.5. The molecule has 0 radical (unpaired) electrons. The highest BCUT2D eigenvalue weighted by Gasteiger charge is 2.26. The summed E-state index contributed by atoms with van der Waals surface area (Å²) in [7, 11) is -4.85. The third-order valence-corrected chi connectivity index (χ3v) is 7.89. The molecule has 0 spiro atoms. The number of halogens is 1. The molecule has 1 N–H and O–H groups in total. The first-order valence-electron chi connectivity index (χ1n) is 8.67. The zero-order valence-electron chi connectivity index (χ0n) is 16.4. The van der Waals surface area contributed by atoms with E-state index in [1.54, 1.807) is 0 Å². The average Bonchev–Trinajstić information content (AvgIpc) is 2.68. The van der Waals surface area contributed by atoms with Gasteiger partial charge in [0, 0.05) is 31.4 Å². The molecule has 0 bridgehead atoms. The molecule has 2 aromatic rings. The first kappa shape index (κ1) is 24.0. The predicted octanol–water partition coefficient (Wildman–Crippen LogP) is 2.41. The lowest BCUT2D eigenvalue weighted by Gasteiger charge is -2.20. The van der Waals surface area contributed by atoms with E-state index in [2.05, 4.69) is 11.9 Å². The molecule has 30 heavy (non-hydrogen) atoms. The lowest BCUT2D eigenvalue weighted by Crippen LogP contribution is -2.38. The number of benzene rings is 2.